The number of benzene rings is 1. The molecule has 0 N–H and O–H groups in total. The Balaban J connectivity index is 2.70. The van der Waals surface area contributed by atoms with E-state index in [1.807, 2.05) is 0 Å². The van der Waals surface area contributed by atoms with Gasteiger partial charge in [-0.25, -0.2) is 13.6 Å². The van der Waals surface area contributed by atoms with Gasteiger partial charge in [-0.3, -0.25) is 0 Å². The maximum Gasteiger partial charge on any atom is 0.514 e. The van der Waals surface area contributed by atoms with Gasteiger partial charge in [0.15, 0.2) is 0 Å². The summed E-state index contributed by atoms with van der Waals surface area (Å²) in [4.78, 5) is 11.2. The third-order valence-corrected chi connectivity index (χ3v) is 1.43. The molecule has 16 heavy (non-hydrogen) atoms. The van der Waals surface area contributed by atoms with Crippen molar-refractivity contribution in [3.05, 3.63) is 29.8 Å². The minimum atomic E-state index is -1.00. The van der Waals surface area contributed by atoms with Crippen LogP contribution in [0.5, 0.6) is 5.75 Å². The number of ether oxygens (including phenoxy) is 2. The van der Waals surface area contributed by atoms with Gasteiger partial charge < -0.3 is 9.47 Å². The molecule has 0 amide bonds. The molecule has 0 aliphatic heterocycles. The first-order chi connectivity index (χ1) is 7.26. The van der Waals surface area contributed by atoms with E-state index < -0.39 is 23.4 Å². The molecule has 1 rings (SSSR count). The quantitative estimate of drug-likeness (QED) is 0.548. The zero-order valence-electron chi connectivity index (χ0n) is 9.21. The number of carbonyl (C=O) groups is 1. The highest BCUT2D eigenvalue weighted by Crippen LogP contribution is 2.17. The summed E-state index contributed by atoms with van der Waals surface area (Å²) in [6.45, 7) is 4.96. The van der Waals surface area contributed by atoms with E-state index in [2.05, 4.69) is 4.74 Å². The SMILES string of the molecule is CC(C)(C)OC(=O)Oc1cc(F)cc(F)c1. The van der Waals surface area contributed by atoms with Crippen LogP contribution in [-0.2, 0) is 4.74 Å². The Morgan fingerprint density at radius 3 is 2.06 bits per heavy atom. The molecule has 0 unspecified atom stereocenters. The summed E-state index contributed by atoms with van der Waals surface area (Å²) in [7, 11) is 0. The topological polar surface area (TPSA) is 35.5 Å². The van der Waals surface area contributed by atoms with Crippen molar-refractivity contribution >= 4 is 6.16 Å². The van der Waals surface area contributed by atoms with Crippen molar-refractivity contribution < 1.29 is 23.0 Å². The first-order valence-electron chi connectivity index (χ1n) is 4.63. The van der Waals surface area contributed by atoms with E-state index in [1.165, 1.54) is 0 Å². The minimum absolute atomic E-state index is 0.230. The van der Waals surface area contributed by atoms with Gasteiger partial charge in [-0.15, -0.1) is 0 Å². The molecule has 0 saturated heterocycles. The van der Waals surface area contributed by atoms with Gasteiger partial charge in [0.1, 0.15) is 23.0 Å². The average molecular weight is 230 g/mol. The van der Waals surface area contributed by atoms with Crippen molar-refractivity contribution in [1.82, 2.24) is 0 Å². The molecule has 0 atom stereocenters. The van der Waals surface area contributed by atoms with E-state index in [1.54, 1.807) is 20.8 Å². The highest BCUT2D eigenvalue weighted by atomic mass is 19.1. The monoisotopic (exact) mass is 230 g/mol. The predicted octanol–water partition coefficient (Wildman–Crippen LogP) is 3.28. The fraction of sp³-hybridized carbons (Fsp3) is 0.364. The van der Waals surface area contributed by atoms with Gasteiger partial charge in [0.05, 0.1) is 0 Å². The highest BCUT2D eigenvalue weighted by Gasteiger charge is 2.18. The molecule has 3 nitrogen and oxygen atoms in total. The Labute approximate surface area is 92.0 Å². The number of halogens is 2. The van der Waals surface area contributed by atoms with E-state index in [0.717, 1.165) is 12.1 Å². The van der Waals surface area contributed by atoms with Crippen molar-refractivity contribution in [1.29, 1.82) is 0 Å². The van der Waals surface area contributed by atoms with Gasteiger partial charge in [0.25, 0.3) is 0 Å². The van der Waals surface area contributed by atoms with Gasteiger partial charge in [0.2, 0.25) is 0 Å². The Kier molecular flexibility index (Phi) is 3.47. The molecule has 0 fully saturated rings. The number of hydrogen-bond donors (Lipinski definition) is 0. The van der Waals surface area contributed by atoms with Gasteiger partial charge >= 0.3 is 6.16 Å². The van der Waals surface area contributed by atoms with Crippen molar-refractivity contribution in [2.75, 3.05) is 0 Å². The molecule has 0 spiro atoms. The summed E-state index contributed by atoms with van der Waals surface area (Å²) in [6, 6.07) is 2.47. The van der Waals surface area contributed by atoms with Crippen LogP contribution in [0.3, 0.4) is 0 Å². The zero-order valence-corrected chi connectivity index (χ0v) is 9.21. The molecule has 0 aliphatic carbocycles. The normalized spacial score (nSPS) is 11.1. The lowest BCUT2D eigenvalue weighted by Gasteiger charge is -2.18. The van der Waals surface area contributed by atoms with Crippen molar-refractivity contribution in [2.24, 2.45) is 0 Å². The summed E-state index contributed by atoms with van der Waals surface area (Å²) in [6.07, 6.45) is -1.00. The molecule has 0 bridgehead atoms. The molecule has 1 aromatic carbocycles. The van der Waals surface area contributed by atoms with Crippen LogP contribution in [0.1, 0.15) is 20.8 Å². The standard InChI is InChI=1S/C11H12F2O3/c1-11(2,3)16-10(14)15-9-5-7(12)4-8(13)6-9/h4-6H,1-3H3. The summed E-state index contributed by atoms with van der Waals surface area (Å²) < 4.78 is 34.9. The molecule has 0 saturated carbocycles. The Morgan fingerprint density at radius 1 is 1.12 bits per heavy atom. The number of rotatable bonds is 1. The molecule has 0 aromatic heterocycles. The second-order valence-corrected chi connectivity index (χ2v) is 4.17. The largest absolute Gasteiger partial charge is 0.514 e. The van der Waals surface area contributed by atoms with Crippen LogP contribution in [0.25, 0.3) is 0 Å². The van der Waals surface area contributed by atoms with Crippen LogP contribution in [0.4, 0.5) is 13.6 Å². The maximum atomic E-state index is 12.7. The first kappa shape index (κ1) is 12.4. The summed E-state index contributed by atoms with van der Waals surface area (Å²) in [5.74, 6) is -1.87. The van der Waals surface area contributed by atoms with Crippen molar-refractivity contribution in [3.63, 3.8) is 0 Å². The first-order valence-corrected chi connectivity index (χ1v) is 4.63. The molecular formula is C11H12F2O3. The molecule has 1 aromatic rings. The van der Waals surface area contributed by atoms with Crippen LogP contribution in [-0.4, -0.2) is 11.8 Å². The van der Waals surface area contributed by atoms with Gasteiger partial charge in [0, 0.05) is 18.2 Å². The van der Waals surface area contributed by atoms with E-state index in [-0.39, 0.29) is 5.75 Å². The second kappa shape index (κ2) is 4.47. The van der Waals surface area contributed by atoms with Crippen LogP contribution in [0.15, 0.2) is 18.2 Å². The van der Waals surface area contributed by atoms with Crippen LogP contribution >= 0.6 is 0 Å². The summed E-state index contributed by atoms with van der Waals surface area (Å²) in [5, 5.41) is 0. The van der Waals surface area contributed by atoms with E-state index >= 15 is 0 Å². The fourth-order valence-corrected chi connectivity index (χ4v) is 0.955. The van der Waals surface area contributed by atoms with Gasteiger partial charge in [-0.05, 0) is 20.8 Å². The summed E-state index contributed by atoms with van der Waals surface area (Å²) >= 11 is 0. The smallest absolute Gasteiger partial charge is 0.428 e. The molecule has 5 heteroatoms. The third-order valence-electron chi connectivity index (χ3n) is 1.43. The molecule has 0 aliphatic rings. The van der Waals surface area contributed by atoms with Gasteiger partial charge in [-0.1, -0.05) is 0 Å². The van der Waals surface area contributed by atoms with Crippen LogP contribution in [0.2, 0.25) is 0 Å². The molecular weight excluding hydrogens is 218 g/mol. The maximum absolute atomic E-state index is 12.7. The average Bonchev–Trinajstić information content (AvgIpc) is 1.96. The fourth-order valence-electron chi connectivity index (χ4n) is 0.955. The number of carbonyl (C=O) groups excluding carboxylic acids is 1. The Hall–Kier alpha value is -1.65. The van der Waals surface area contributed by atoms with E-state index in [4.69, 9.17) is 4.74 Å². The lowest BCUT2D eigenvalue weighted by atomic mass is 10.2. The van der Waals surface area contributed by atoms with Gasteiger partial charge in [-0.2, -0.15) is 0 Å². The van der Waals surface area contributed by atoms with Crippen LogP contribution in [0, 0.1) is 11.6 Å². The highest BCUT2D eigenvalue weighted by molar-refractivity contribution is 5.64. The lowest BCUT2D eigenvalue weighted by molar-refractivity contribution is 0.0205. The van der Waals surface area contributed by atoms with Crippen molar-refractivity contribution in [3.8, 4) is 5.75 Å². The second-order valence-electron chi connectivity index (χ2n) is 4.17. The van der Waals surface area contributed by atoms with Crippen LogP contribution < -0.4 is 4.74 Å². The van der Waals surface area contributed by atoms with E-state index in [0.29, 0.717) is 6.07 Å². The van der Waals surface area contributed by atoms with Crippen molar-refractivity contribution in [2.45, 2.75) is 26.4 Å². The Morgan fingerprint density at radius 2 is 1.62 bits per heavy atom. The number of hydrogen-bond acceptors (Lipinski definition) is 3. The Bertz CT molecular complexity index is 376. The minimum Gasteiger partial charge on any atom is -0.428 e. The molecule has 0 radical (unpaired) electrons. The lowest BCUT2D eigenvalue weighted by Crippen LogP contribution is -2.26. The zero-order chi connectivity index (χ0) is 12.3. The molecule has 0 heterocycles. The molecule has 88 valence electrons. The summed E-state index contributed by atoms with van der Waals surface area (Å²) in [5.41, 5.74) is -0.719. The third kappa shape index (κ3) is 4.25. The predicted molar refractivity (Wildman–Crippen MR) is 53.2 cm³/mol. The van der Waals surface area contributed by atoms with E-state index in [9.17, 15) is 13.6 Å².